The molecular formula is C47H42ClF6N3O5S2. The second-order valence-electron chi connectivity index (χ2n) is 15.2. The molecule has 4 aromatic carbocycles. The maximum atomic E-state index is 13.7. The van der Waals surface area contributed by atoms with Gasteiger partial charge in [0.15, 0.2) is 0 Å². The van der Waals surface area contributed by atoms with Gasteiger partial charge in [-0.3, -0.25) is 14.5 Å². The molecule has 0 aliphatic carbocycles. The van der Waals surface area contributed by atoms with Crippen LogP contribution in [0.4, 0.5) is 37.7 Å². The number of methoxy groups -OCH3 is 1. The van der Waals surface area contributed by atoms with Gasteiger partial charge in [-0.2, -0.15) is 26.3 Å². The summed E-state index contributed by atoms with van der Waals surface area (Å²) in [6, 6.07) is 31.4. The number of rotatable bonds is 11. The normalized spacial score (nSPS) is 14.6. The van der Waals surface area contributed by atoms with Gasteiger partial charge in [0.05, 0.1) is 19.6 Å². The number of nitrogens with zero attached hydrogens (tertiary/aromatic N) is 2. The third kappa shape index (κ3) is 10.7. The number of ether oxygens (including phenoxy) is 3. The van der Waals surface area contributed by atoms with Gasteiger partial charge in [-0.15, -0.1) is 35.1 Å². The lowest BCUT2D eigenvalue weighted by Gasteiger charge is -2.37. The maximum absolute atomic E-state index is 13.7. The van der Waals surface area contributed by atoms with Crippen LogP contribution in [0.1, 0.15) is 30.6 Å². The Hall–Kier alpha value is -5.55. The van der Waals surface area contributed by atoms with Crippen LogP contribution in [-0.4, -0.2) is 56.6 Å². The van der Waals surface area contributed by atoms with Crippen molar-refractivity contribution in [3.63, 3.8) is 0 Å². The molecule has 6 aromatic rings. The van der Waals surface area contributed by atoms with Crippen molar-refractivity contribution in [3.05, 3.63) is 140 Å². The Morgan fingerprint density at radius 1 is 0.703 bits per heavy atom. The second kappa shape index (κ2) is 19.7. The summed E-state index contributed by atoms with van der Waals surface area (Å²) in [5.41, 5.74) is 5.47. The number of fused-ring (bicyclic) bond motifs is 2. The van der Waals surface area contributed by atoms with Crippen molar-refractivity contribution in [2.75, 3.05) is 50.1 Å². The molecule has 8 nitrogen and oxygen atoms in total. The van der Waals surface area contributed by atoms with Gasteiger partial charge >= 0.3 is 18.3 Å². The van der Waals surface area contributed by atoms with Crippen LogP contribution in [0.5, 0.6) is 11.5 Å². The summed E-state index contributed by atoms with van der Waals surface area (Å²) in [7, 11) is 1.36. The average Bonchev–Trinajstić information content (AvgIpc) is 4.09. The number of hydrogen-bond donors (Lipinski definition) is 1. The van der Waals surface area contributed by atoms with Crippen molar-refractivity contribution in [1.29, 1.82) is 0 Å². The fourth-order valence-electron chi connectivity index (χ4n) is 7.81. The summed E-state index contributed by atoms with van der Waals surface area (Å²) >= 11 is 1.43. The van der Waals surface area contributed by atoms with Crippen molar-refractivity contribution in [3.8, 4) is 33.8 Å². The largest absolute Gasteiger partial charge is 0.488 e. The number of halogens is 7. The van der Waals surface area contributed by atoms with Crippen LogP contribution in [0.2, 0.25) is 0 Å². The quantitative estimate of drug-likeness (QED) is 0.102. The van der Waals surface area contributed by atoms with Crippen LogP contribution in [-0.2, 0) is 52.7 Å². The fraction of sp³-hybridized carbons (Fsp3) is 0.277. The van der Waals surface area contributed by atoms with E-state index in [1.807, 2.05) is 35.2 Å². The predicted molar refractivity (Wildman–Crippen MR) is 239 cm³/mol. The van der Waals surface area contributed by atoms with Crippen molar-refractivity contribution in [1.82, 2.24) is 4.90 Å². The van der Waals surface area contributed by atoms with E-state index in [0.29, 0.717) is 69.8 Å². The molecule has 0 unspecified atom stereocenters. The minimum absolute atomic E-state index is 0. The molecule has 64 heavy (non-hydrogen) atoms. The Kier molecular flexibility index (Phi) is 14.3. The molecule has 1 saturated heterocycles. The minimum Gasteiger partial charge on any atom is -0.488 e. The summed E-state index contributed by atoms with van der Waals surface area (Å²) in [6.45, 7) is 2.83. The van der Waals surface area contributed by atoms with Crippen LogP contribution < -0.4 is 19.7 Å². The van der Waals surface area contributed by atoms with Crippen LogP contribution in [0.25, 0.3) is 22.3 Å². The standard InChI is InChI=1S/C27H25F3N2O4S.C20H16F3NOS.ClH/c1-35-26(34)19-13-31(14-19)15-24(33)32-10-9-18-11-20(7-8-23(18)32)36-16-21-12-22(17-5-3-2-4-6-17)25(37-21)27(28,29)30;21-20(22,23)19-17(13-4-2-1-3-5-13)11-16(26-19)12-25-15-6-7-18-14(10-15)8-9-24-18;/h2-8,11-12,19H,9-10,13-16H2,1H3;1-7,10-11,24H,8-9,12H2;1H. The van der Waals surface area contributed by atoms with E-state index in [0.717, 1.165) is 41.2 Å². The Balaban J connectivity index is 0.000000200. The fourth-order valence-corrected chi connectivity index (χ4v) is 9.73. The van der Waals surface area contributed by atoms with E-state index in [2.05, 4.69) is 5.32 Å². The first kappa shape index (κ1) is 46.4. The van der Waals surface area contributed by atoms with Gasteiger partial charge in [0.2, 0.25) is 5.91 Å². The number of thiophene rings is 2. The van der Waals surface area contributed by atoms with Crippen molar-refractivity contribution < 1.29 is 50.1 Å². The molecule has 0 radical (unpaired) electrons. The molecule has 0 saturated carbocycles. The van der Waals surface area contributed by atoms with E-state index < -0.39 is 22.1 Å². The highest BCUT2D eigenvalue weighted by atomic mass is 35.5. The molecule has 3 aliphatic rings. The number of carbonyl (C=O) groups is 2. The number of esters is 1. The van der Waals surface area contributed by atoms with Crippen molar-refractivity contribution in [2.24, 2.45) is 5.92 Å². The van der Waals surface area contributed by atoms with Gasteiger partial charge in [0.25, 0.3) is 0 Å². The van der Waals surface area contributed by atoms with E-state index in [1.165, 1.54) is 18.7 Å². The van der Waals surface area contributed by atoms with Gasteiger partial charge in [0.1, 0.15) is 34.5 Å². The molecule has 0 atom stereocenters. The molecule has 2 aromatic heterocycles. The summed E-state index contributed by atoms with van der Waals surface area (Å²) in [5, 5.41) is 3.27. The number of likely N-dealkylation sites (tertiary alicyclic amines) is 1. The van der Waals surface area contributed by atoms with E-state index in [-0.39, 0.29) is 61.1 Å². The van der Waals surface area contributed by atoms with Crippen LogP contribution in [0.3, 0.4) is 0 Å². The summed E-state index contributed by atoms with van der Waals surface area (Å²) in [6.07, 6.45) is -7.23. The van der Waals surface area contributed by atoms with Gasteiger partial charge in [0, 0.05) is 58.4 Å². The summed E-state index contributed by atoms with van der Waals surface area (Å²) < 4.78 is 97.6. The molecule has 3 aliphatic heterocycles. The number of carbonyl (C=O) groups excluding carboxylic acids is 2. The van der Waals surface area contributed by atoms with E-state index in [1.54, 1.807) is 77.7 Å². The molecule has 336 valence electrons. The highest BCUT2D eigenvalue weighted by Gasteiger charge is 2.38. The van der Waals surface area contributed by atoms with Crippen LogP contribution in [0, 0.1) is 5.92 Å². The van der Waals surface area contributed by atoms with E-state index in [9.17, 15) is 35.9 Å². The van der Waals surface area contributed by atoms with E-state index in [4.69, 9.17) is 14.2 Å². The first-order valence-corrected chi connectivity index (χ1v) is 21.7. The van der Waals surface area contributed by atoms with Gasteiger partial charge in [-0.25, -0.2) is 0 Å². The zero-order valence-corrected chi connectivity index (χ0v) is 36.7. The number of amides is 1. The number of anilines is 2. The Morgan fingerprint density at radius 2 is 1.23 bits per heavy atom. The Labute approximate surface area is 379 Å². The summed E-state index contributed by atoms with van der Waals surface area (Å²) in [4.78, 5) is 27.8. The van der Waals surface area contributed by atoms with E-state index >= 15 is 0 Å². The Morgan fingerprint density at radius 3 is 1.77 bits per heavy atom. The second-order valence-corrected chi connectivity index (χ2v) is 17.5. The Bertz CT molecular complexity index is 2580. The van der Waals surface area contributed by atoms with Crippen molar-refractivity contribution >= 4 is 58.3 Å². The SMILES string of the molecule is COC(=O)C1CN(CC(=O)N2CCc3cc(OCc4cc(-c5ccccc5)c(C(F)(F)F)s4)ccc32)C1.Cl.FC(F)(F)c1sc(COc2ccc3c(c2)CCN3)cc1-c1ccccc1. The zero-order chi connectivity index (χ0) is 44.3. The lowest BCUT2D eigenvalue weighted by Crippen LogP contribution is -2.54. The minimum atomic E-state index is -4.45. The number of benzene rings is 4. The monoisotopic (exact) mass is 941 g/mol. The first-order chi connectivity index (χ1) is 30.2. The number of hydrogen-bond acceptors (Lipinski definition) is 9. The highest BCUT2D eigenvalue weighted by molar-refractivity contribution is 7.13. The molecule has 5 heterocycles. The highest BCUT2D eigenvalue weighted by Crippen LogP contribution is 2.45. The zero-order valence-electron chi connectivity index (χ0n) is 34.3. The van der Waals surface area contributed by atoms with Crippen LogP contribution >= 0.6 is 35.1 Å². The molecular weight excluding hydrogens is 900 g/mol. The average molecular weight is 942 g/mol. The molecule has 0 spiro atoms. The molecule has 1 amide bonds. The van der Waals surface area contributed by atoms with Crippen LogP contribution in [0.15, 0.2) is 109 Å². The molecule has 1 N–H and O–H groups in total. The smallest absolute Gasteiger partial charge is 0.426 e. The molecule has 9 rings (SSSR count). The van der Waals surface area contributed by atoms with Gasteiger partial charge < -0.3 is 24.4 Å². The topological polar surface area (TPSA) is 80.3 Å². The molecule has 1 fully saturated rings. The lowest BCUT2D eigenvalue weighted by atomic mass is 10.0. The van der Waals surface area contributed by atoms with Crippen molar-refractivity contribution in [2.45, 2.75) is 38.4 Å². The van der Waals surface area contributed by atoms with Gasteiger partial charge in [-0.05, 0) is 83.6 Å². The molecule has 17 heteroatoms. The first-order valence-electron chi connectivity index (χ1n) is 20.1. The third-order valence-corrected chi connectivity index (χ3v) is 13.2. The number of nitrogens with one attached hydrogen (secondary N) is 1. The molecule has 0 bridgehead atoms. The number of alkyl halides is 6. The summed E-state index contributed by atoms with van der Waals surface area (Å²) in [5.74, 6) is 0.747. The predicted octanol–water partition coefficient (Wildman–Crippen LogP) is 11.4. The third-order valence-electron chi connectivity index (χ3n) is 10.9. The van der Waals surface area contributed by atoms with Gasteiger partial charge in [-0.1, -0.05) is 60.7 Å². The maximum Gasteiger partial charge on any atom is 0.426 e. The lowest BCUT2D eigenvalue weighted by molar-refractivity contribution is -0.152.